The van der Waals surface area contributed by atoms with Crippen LogP contribution >= 0.6 is 0 Å². The maximum Gasteiger partial charge on any atom is 0.307 e. The second-order valence-electron chi connectivity index (χ2n) is 4.50. The first kappa shape index (κ1) is 11.9. The van der Waals surface area contributed by atoms with Gasteiger partial charge in [0, 0.05) is 12.6 Å². The van der Waals surface area contributed by atoms with Crippen molar-refractivity contribution in [1.82, 2.24) is 4.90 Å². The molecule has 2 rings (SSSR count). The number of carboxylic acids is 1. The molecule has 1 aromatic carbocycles. The zero-order valence-corrected chi connectivity index (χ0v) is 10.1. The van der Waals surface area contributed by atoms with Crippen molar-refractivity contribution in [3.8, 4) is 5.75 Å². The van der Waals surface area contributed by atoms with Crippen LogP contribution in [0.2, 0.25) is 0 Å². The minimum absolute atomic E-state index is 0.172. The van der Waals surface area contributed by atoms with Gasteiger partial charge in [-0.15, -0.1) is 0 Å². The lowest BCUT2D eigenvalue weighted by atomic mass is 10.00. The SMILES string of the molecule is COc1cccc(C2CC(C(=O)O)CN2C)c1. The van der Waals surface area contributed by atoms with Crippen LogP contribution in [-0.4, -0.2) is 36.7 Å². The van der Waals surface area contributed by atoms with E-state index >= 15 is 0 Å². The summed E-state index contributed by atoms with van der Waals surface area (Å²) in [5, 5.41) is 9.05. The van der Waals surface area contributed by atoms with E-state index in [0.717, 1.165) is 11.3 Å². The van der Waals surface area contributed by atoms with Crippen molar-refractivity contribution in [2.75, 3.05) is 20.7 Å². The molecule has 4 nitrogen and oxygen atoms in total. The summed E-state index contributed by atoms with van der Waals surface area (Å²) in [6.07, 6.45) is 0.666. The van der Waals surface area contributed by atoms with E-state index < -0.39 is 5.97 Å². The molecule has 1 fully saturated rings. The molecule has 0 bridgehead atoms. The molecule has 92 valence electrons. The van der Waals surface area contributed by atoms with Gasteiger partial charge in [-0.25, -0.2) is 0 Å². The van der Waals surface area contributed by atoms with Crippen LogP contribution in [0.3, 0.4) is 0 Å². The first-order valence-corrected chi connectivity index (χ1v) is 5.69. The van der Waals surface area contributed by atoms with E-state index in [2.05, 4.69) is 4.90 Å². The number of likely N-dealkylation sites (tertiary alicyclic amines) is 1. The van der Waals surface area contributed by atoms with Gasteiger partial charge >= 0.3 is 5.97 Å². The van der Waals surface area contributed by atoms with Crippen LogP contribution in [-0.2, 0) is 4.79 Å². The van der Waals surface area contributed by atoms with E-state index in [9.17, 15) is 4.79 Å². The first-order chi connectivity index (χ1) is 8.11. The summed E-state index contributed by atoms with van der Waals surface area (Å²) < 4.78 is 5.19. The number of hydrogen-bond acceptors (Lipinski definition) is 3. The van der Waals surface area contributed by atoms with E-state index in [-0.39, 0.29) is 12.0 Å². The van der Waals surface area contributed by atoms with Gasteiger partial charge in [0.25, 0.3) is 0 Å². The molecule has 1 heterocycles. The number of methoxy groups -OCH3 is 1. The molecule has 2 atom stereocenters. The molecular formula is C13H17NO3. The highest BCUT2D eigenvalue weighted by molar-refractivity contribution is 5.70. The second kappa shape index (κ2) is 4.75. The van der Waals surface area contributed by atoms with Gasteiger partial charge in [-0.05, 0) is 31.2 Å². The van der Waals surface area contributed by atoms with Crippen molar-refractivity contribution >= 4 is 5.97 Å². The Kier molecular flexibility index (Phi) is 3.33. The number of rotatable bonds is 3. The third kappa shape index (κ3) is 2.42. The minimum Gasteiger partial charge on any atom is -0.497 e. The van der Waals surface area contributed by atoms with E-state index in [1.165, 1.54) is 0 Å². The standard InChI is InChI=1S/C13H17NO3/c1-14-8-10(13(15)16)7-12(14)9-4-3-5-11(6-9)17-2/h3-6,10,12H,7-8H2,1-2H3,(H,15,16). The Labute approximate surface area is 101 Å². The Morgan fingerprint density at radius 1 is 1.53 bits per heavy atom. The predicted molar refractivity (Wildman–Crippen MR) is 64.1 cm³/mol. The quantitative estimate of drug-likeness (QED) is 0.867. The van der Waals surface area contributed by atoms with Gasteiger partial charge in [0.2, 0.25) is 0 Å². The van der Waals surface area contributed by atoms with Crippen LogP contribution in [0.1, 0.15) is 18.0 Å². The average molecular weight is 235 g/mol. The van der Waals surface area contributed by atoms with Crippen LogP contribution in [0.4, 0.5) is 0 Å². The molecule has 2 unspecified atom stereocenters. The molecule has 1 aromatic rings. The highest BCUT2D eigenvalue weighted by atomic mass is 16.5. The van der Waals surface area contributed by atoms with Crippen LogP contribution in [0.25, 0.3) is 0 Å². The molecule has 0 aliphatic carbocycles. The number of hydrogen-bond donors (Lipinski definition) is 1. The van der Waals surface area contributed by atoms with E-state index in [1.54, 1.807) is 7.11 Å². The van der Waals surface area contributed by atoms with Crippen LogP contribution in [0.5, 0.6) is 5.75 Å². The molecule has 0 spiro atoms. The van der Waals surface area contributed by atoms with Crippen LogP contribution in [0, 0.1) is 5.92 Å². The Morgan fingerprint density at radius 3 is 2.88 bits per heavy atom. The molecule has 1 aliphatic heterocycles. The molecule has 0 amide bonds. The summed E-state index contributed by atoms with van der Waals surface area (Å²) in [7, 11) is 3.60. The minimum atomic E-state index is -0.706. The summed E-state index contributed by atoms with van der Waals surface area (Å²) in [4.78, 5) is 13.1. The van der Waals surface area contributed by atoms with Crippen molar-refractivity contribution in [2.24, 2.45) is 5.92 Å². The maximum atomic E-state index is 11.0. The van der Waals surface area contributed by atoms with E-state index in [1.807, 2.05) is 31.3 Å². The maximum absolute atomic E-state index is 11.0. The number of carbonyl (C=O) groups is 1. The van der Waals surface area contributed by atoms with Gasteiger partial charge in [0.15, 0.2) is 0 Å². The molecule has 1 N–H and O–H groups in total. The Hall–Kier alpha value is -1.55. The fourth-order valence-corrected chi connectivity index (χ4v) is 2.42. The number of nitrogens with zero attached hydrogens (tertiary/aromatic N) is 1. The van der Waals surface area contributed by atoms with Gasteiger partial charge in [-0.1, -0.05) is 12.1 Å². The average Bonchev–Trinajstić information content (AvgIpc) is 2.72. The summed E-state index contributed by atoms with van der Waals surface area (Å²) in [5.74, 6) is -0.159. The second-order valence-corrected chi connectivity index (χ2v) is 4.50. The first-order valence-electron chi connectivity index (χ1n) is 5.69. The summed E-state index contributed by atoms with van der Waals surface area (Å²) >= 11 is 0. The molecule has 0 aromatic heterocycles. The predicted octanol–water partition coefficient (Wildman–Crippen LogP) is 1.77. The van der Waals surface area contributed by atoms with Crippen molar-refractivity contribution in [1.29, 1.82) is 0 Å². The number of carboxylic acid groups (broad SMARTS) is 1. The van der Waals surface area contributed by atoms with Gasteiger partial charge in [-0.2, -0.15) is 0 Å². The Balaban J connectivity index is 2.19. The zero-order chi connectivity index (χ0) is 12.4. The molecule has 1 saturated heterocycles. The third-order valence-corrected chi connectivity index (χ3v) is 3.38. The smallest absolute Gasteiger partial charge is 0.307 e. The van der Waals surface area contributed by atoms with Gasteiger partial charge in [0.1, 0.15) is 5.75 Å². The summed E-state index contributed by atoms with van der Waals surface area (Å²) in [6.45, 7) is 0.608. The van der Waals surface area contributed by atoms with Crippen LogP contribution < -0.4 is 4.74 Å². The van der Waals surface area contributed by atoms with Gasteiger partial charge in [-0.3, -0.25) is 9.69 Å². The third-order valence-electron chi connectivity index (χ3n) is 3.38. The molecule has 4 heteroatoms. The molecule has 0 radical (unpaired) electrons. The lowest BCUT2D eigenvalue weighted by Crippen LogP contribution is -2.20. The lowest BCUT2D eigenvalue weighted by Gasteiger charge is -2.19. The fourth-order valence-electron chi connectivity index (χ4n) is 2.42. The molecular weight excluding hydrogens is 218 g/mol. The number of benzene rings is 1. The largest absolute Gasteiger partial charge is 0.497 e. The number of aliphatic carboxylic acids is 1. The van der Waals surface area contributed by atoms with Crippen molar-refractivity contribution in [2.45, 2.75) is 12.5 Å². The molecule has 0 saturated carbocycles. The van der Waals surface area contributed by atoms with Gasteiger partial charge < -0.3 is 9.84 Å². The van der Waals surface area contributed by atoms with E-state index in [0.29, 0.717) is 13.0 Å². The zero-order valence-electron chi connectivity index (χ0n) is 10.1. The Bertz CT molecular complexity index is 419. The molecule has 1 aliphatic rings. The van der Waals surface area contributed by atoms with Gasteiger partial charge in [0.05, 0.1) is 13.0 Å². The normalized spacial score (nSPS) is 24.8. The van der Waals surface area contributed by atoms with Crippen molar-refractivity contribution < 1.29 is 14.6 Å². The lowest BCUT2D eigenvalue weighted by molar-refractivity contribution is -0.141. The number of ether oxygens (including phenoxy) is 1. The monoisotopic (exact) mass is 235 g/mol. The molecule has 17 heavy (non-hydrogen) atoms. The van der Waals surface area contributed by atoms with Crippen molar-refractivity contribution in [3.63, 3.8) is 0 Å². The topological polar surface area (TPSA) is 49.8 Å². The summed E-state index contributed by atoms with van der Waals surface area (Å²) in [6, 6.07) is 8.01. The fraction of sp³-hybridized carbons (Fsp3) is 0.462. The van der Waals surface area contributed by atoms with Crippen molar-refractivity contribution in [3.05, 3.63) is 29.8 Å². The van der Waals surface area contributed by atoms with E-state index in [4.69, 9.17) is 9.84 Å². The summed E-state index contributed by atoms with van der Waals surface area (Å²) in [5.41, 5.74) is 1.12. The Morgan fingerprint density at radius 2 is 2.29 bits per heavy atom. The van der Waals surface area contributed by atoms with Crippen LogP contribution in [0.15, 0.2) is 24.3 Å². The highest BCUT2D eigenvalue weighted by Crippen LogP contribution is 2.35. The highest BCUT2D eigenvalue weighted by Gasteiger charge is 2.34.